The van der Waals surface area contributed by atoms with Crippen molar-refractivity contribution >= 4 is 35.1 Å². The van der Waals surface area contributed by atoms with Crippen LogP contribution in [0.5, 0.6) is 0 Å². The van der Waals surface area contributed by atoms with E-state index in [2.05, 4.69) is 5.32 Å². The predicted octanol–water partition coefficient (Wildman–Crippen LogP) is 2.90. The fourth-order valence-electron chi connectivity index (χ4n) is 2.21. The first-order valence-electron chi connectivity index (χ1n) is 7.80. The second-order valence-electron chi connectivity index (χ2n) is 5.45. The largest absolute Gasteiger partial charge is 0.454 e. The number of rotatable bonds is 7. The molecule has 0 heterocycles. The zero-order valence-corrected chi connectivity index (χ0v) is 15.3. The van der Waals surface area contributed by atoms with Gasteiger partial charge < -0.3 is 15.2 Å². The van der Waals surface area contributed by atoms with E-state index < -0.39 is 12.6 Å². The number of benzene rings is 2. The average Bonchev–Trinajstić information content (AvgIpc) is 2.65. The minimum Gasteiger partial charge on any atom is -0.454 e. The van der Waals surface area contributed by atoms with Crippen LogP contribution in [-0.2, 0) is 16.1 Å². The zero-order chi connectivity index (χ0) is 19.1. The summed E-state index contributed by atoms with van der Waals surface area (Å²) in [5, 5.41) is 11.7. The van der Waals surface area contributed by atoms with Crippen molar-refractivity contribution in [3.8, 4) is 0 Å². The number of esters is 1. The van der Waals surface area contributed by atoms with Crippen molar-refractivity contribution in [3.63, 3.8) is 0 Å². The molecule has 2 aromatic carbocycles. The lowest BCUT2D eigenvalue weighted by Gasteiger charge is -2.10. The quantitative estimate of drug-likeness (QED) is 0.440. The van der Waals surface area contributed by atoms with E-state index in [4.69, 9.17) is 9.84 Å². The maximum Gasteiger partial charge on any atom is 0.338 e. The number of aliphatic hydroxyl groups is 1. The van der Waals surface area contributed by atoms with E-state index in [-0.39, 0.29) is 18.3 Å². The van der Waals surface area contributed by atoms with Crippen molar-refractivity contribution in [2.45, 2.75) is 18.4 Å². The van der Waals surface area contributed by atoms with Gasteiger partial charge in [0.25, 0.3) is 0 Å². The van der Waals surface area contributed by atoms with Crippen molar-refractivity contribution in [1.29, 1.82) is 0 Å². The van der Waals surface area contributed by atoms with E-state index in [0.717, 1.165) is 4.90 Å². The van der Waals surface area contributed by atoms with Gasteiger partial charge in [0, 0.05) is 17.4 Å². The summed E-state index contributed by atoms with van der Waals surface area (Å²) in [6, 6.07) is 11.2. The molecule has 0 aliphatic carbocycles. The molecule has 0 spiro atoms. The molecule has 0 saturated heterocycles. The topological polar surface area (TPSA) is 92.7 Å². The Balaban J connectivity index is 2.04. The van der Waals surface area contributed by atoms with Gasteiger partial charge in [-0.25, -0.2) is 4.79 Å². The molecular formula is C19H19NO5S. The van der Waals surface area contributed by atoms with Crippen molar-refractivity contribution in [2.24, 2.45) is 0 Å². The summed E-state index contributed by atoms with van der Waals surface area (Å²) in [6.45, 7) is 0.873. The lowest BCUT2D eigenvalue weighted by atomic mass is 10.1. The third kappa shape index (κ3) is 5.18. The van der Waals surface area contributed by atoms with E-state index in [1.807, 2.05) is 6.26 Å². The molecule has 7 heteroatoms. The molecule has 0 aliphatic rings. The van der Waals surface area contributed by atoms with Crippen LogP contribution in [0.1, 0.15) is 33.2 Å². The molecule has 0 unspecified atom stereocenters. The van der Waals surface area contributed by atoms with Gasteiger partial charge in [-0.05, 0) is 36.1 Å². The maximum absolute atomic E-state index is 12.3. The number of carbonyl (C=O) groups is 3. The van der Waals surface area contributed by atoms with Crippen LogP contribution < -0.4 is 5.32 Å². The van der Waals surface area contributed by atoms with E-state index in [1.54, 1.807) is 30.3 Å². The fourth-order valence-corrected chi connectivity index (χ4v) is 2.75. The minimum absolute atomic E-state index is 0.115. The Bertz CT molecular complexity index is 817. The summed E-state index contributed by atoms with van der Waals surface area (Å²) in [4.78, 5) is 36.4. The minimum atomic E-state index is -0.620. The van der Waals surface area contributed by atoms with Crippen LogP contribution in [0.4, 0.5) is 5.69 Å². The van der Waals surface area contributed by atoms with Crippen molar-refractivity contribution < 1.29 is 24.2 Å². The number of Topliss-reactive ketones (excluding diaryl/α,β-unsaturated/α-hetero) is 1. The number of nitrogens with one attached hydrogen (secondary N) is 1. The van der Waals surface area contributed by atoms with Crippen LogP contribution in [-0.4, -0.2) is 35.6 Å². The molecule has 6 nitrogen and oxygen atoms in total. The number of anilines is 1. The van der Waals surface area contributed by atoms with Crippen LogP contribution in [0.25, 0.3) is 0 Å². The Labute approximate surface area is 155 Å². The van der Waals surface area contributed by atoms with Crippen LogP contribution in [0.3, 0.4) is 0 Å². The molecule has 0 aromatic heterocycles. The summed E-state index contributed by atoms with van der Waals surface area (Å²) in [6.07, 6.45) is 1.87. The van der Waals surface area contributed by atoms with Crippen molar-refractivity contribution in [1.82, 2.24) is 0 Å². The van der Waals surface area contributed by atoms with Gasteiger partial charge in [0.1, 0.15) is 0 Å². The normalized spacial score (nSPS) is 10.3. The third-order valence-corrected chi connectivity index (χ3v) is 4.33. The Morgan fingerprint density at radius 1 is 1.08 bits per heavy atom. The molecule has 136 valence electrons. The number of hydrogen-bond donors (Lipinski definition) is 2. The van der Waals surface area contributed by atoms with Crippen LogP contribution >= 0.6 is 11.8 Å². The van der Waals surface area contributed by atoms with Gasteiger partial charge in [-0.1, -0.05) is 18.2 Å². The molecular weight excluding hydrogens is 354 g/mol. The van der Waals surface area contributed by atoms with Crippen molar-refractivity contribution in [2.75, 3.05) is 18.2 Å². The number of amides is 1. The average molecular weight is 373 g/mol. The van der Waals surface area contributed by atoms with E-state index in [9.17, 15) is 14.4 Å². The molecule has 2 aromatic rings. The van der Waals surface area contributed by atoms with Gasteiger partial charge in [0.05, 0.1) is 17.9 Å². The first-order valence-corrected chi connectivity index (χ1v) is 9.03. The van der Waals surface area contributed by atoms with Crippen LogP contribution in [0.15, 0.2) is 47.4 Å². The number of ketones is 1. The van der Waals surface area contributed by atoms with Crippen LogP contribution in [0.2, 0.25) is 0 Å². The molecule has 0 atom stereocenters. The zero-order valence-electron chi connectivity index (χ0n) is 14.4. The smallest absolute Gasteiger partial charge is 0.338 e. The third-order valence-electron chi connectivity index (χ3n) is 3.54. The summed E-state index contributed by atoms with van der Waals surface area (Å²) in [5.41, 5.74) is 1.86. The summed E-state index contributed by atoms with van der Waals surface area (Å²) < 4.78 is 5.05. The molecule has 0 radical (unpaired) electrons. The van der Waals surface area contributed by atoms with Gasteiger partial charge in [-0.3, -0.25) is 9.59 Å². The Kier molecular flexibility index (Phi) is 6.94. The standard InChI is InChI=1S/C19H19NO5S/c1-12(22)20-16-9-15(7-8-18(16)26-2)17(23)11-25-19(24)14-5-3-13(10-21)4-6-14/h3-9,21H,10-11H2,1-2H3,(H,20,22). The SMILES string of the molecule is CSc1ccc(C(=O)COC(=O)c2ccc(CO)cc2)cc1NC(C)=O. The first kappa shape index (κ1) is 19.7. The Hall–Kier alpha value is -2.64. The summed E-state index contributed by atoms with van der Waals surface area (Å²) >= 11 is 1.45. The van der Waals surface area contributed by atoms with Gasteiger partial charge >= 0.3 is 5.97 Å². The molecule has 2 rings (SSSR count). The molecule has 0 bridgehead atoms. The number of thioether (sulfide) groups is 1. The fraction of sp³-hybridized carbons (Fsp3) is 0.211. The van der Waals surface area contributed by atoms with Gasteiger partial charge in [-0.15, -0.1) is 11.8 Å². The number of aliphatic hydroxyl groups excluding tert-OH is 1. The highest BCUT2D eigenvalue weighted by Gasteiger charge is 2.14. The van der Waals surface area contributed by atoms with E-state index in [0.29, 0.717) is 22.4 Å². The Morgan fingerprint density at radius 3 is 2.31 bits per heavy atom. The Morgan fingerprint density at radius 2 is 1.73 bits per heavy atom. The molecule has 0 fully saturated rings. The number of hydrogen-bond acceptors (Lipinski definition) is 6. The molecule has 2 N–H and O–H groups in total. The lowest BCUT2D eigenvalue weighted by molar-refractivity contribution is -0.114. The lowest BCUT2D eigenvalue weighted by Crippen LogP contribution is -2.15. The molecule has 0 saturated carbocycles. The highest BCUT2D eigenvalue weighted by atomic mass is 32.2. The monoisotopic (exact) mass is 373 g/mol. The van der Waals surface area contributed by atoms with Crippen molar-refractivity contribution in [3.05, 3.63) is 59.2 Å². The maximum atomic E-state index is 12.3. The molecule has 26 heavy (non-hydrogen) atoms. The van der Waals surface area contributed by atoms with E-state index >= 15 is 0 Å². The van der Waals surface area contributed by atoms with Gasteiger partial charge in [0.2, 0.25) is 5.91 Å². The predicted molar refractivity (Wildman–Crippen MR) is 99.5 cm³/mol. The second-order valence-corrected chi connectivity index (χ2v) is 6.30. The summed E-state index contributed by atoms with van der Waals surface area (Å²) in [7, 11) is 0. The highest BCUT2D eigenvalue weighted by Crippen LogP contribution is 2.26. The highest BCUT2D eigenvalue weighted by molar-refractivity contribution is 7.98. The summed E-state index contributed by atoms with van der Waals surface area (Å²) in [5.74, 6) is -1.22. The first-order chi connectivity index (χ1) is 12.4. The van der Waals surface area contributed by atoms with Crippen LogP contribution in [0, 0.1) is 0 Å². The molecule has 0 aliphatic heterocycles. The van der Waals surface area contributed by atoms with Gasteiger partial charge in [0.15, 0.2) is 12.4 Å². The van der Waals surface area contributed by atoms with Gasteiger partial charge in [-0.2, -0.15) is 0 Å². The number of ether oxygens (including phenoxy) is 1. The molecule has 1 amide bonds. The second kappa shape index (κ2) is 9.17. The number of carbonyl (C=O) groups excluding carboxylic acids is 3. The van der Waals surface area contributed by atoms with E-state index in [1.165, 1.54) is 30.8 Å².